The summed E-state index contributed by atoms with van der Waals surface area (Å²) in [5.41, 5.74) is 1.33. The van der Waals surface area contributed by atoms with Crippen LogP contribution in [0.2, 0.25) is 0 Å². The molecule has 3 amide bonds. The minimum absolute atomic E-state index is 0.246. The van der Waals surface area contributed by atoms with Gasteiger partial charge in [-0.15, -0.1) is 0 Å². The van der Waals surface area contributed by atoms with E-state index in [0.29, 0.717) is 36.0 Å². The molecule has 4 rings (SSSR count). The standard InChI is InChI=1S/C26H23IN2O5S/c1-3-33-21-13-16(12-19(27)24(21)34-4-2)14-22-25(31)29(26(32)35-22)15-23(30)28-20-11-7-9-17-8-5-6-10-18(17)20/h5-14H,3-4,15H2,1-2H3,(H,28,30)/b22-14+. The Labute approximate surface area is 221 Å². The third-order valence-electron chi connectivity index (χ3n) is 5.16. The predicted octanol–water partition coefficient (Wildman–Crippen LogP) is 5.92. The van der Waals surface area contributed by atoms with Gasteiger partial charge in [-0.05, 0) is 83.4 Å². The van der Waals surface area contributed by atoms with Crippen molar-refractivity contribution in [3.8, 4) is 11.5 Å². The lowest BCUT2D eigenvalue weighted by atomic mass is 10.1. The molecule has 1 aliphatic heterocycles. The molecule has 0 unspecified atom stereocenters. The van der Waals surface area contributed by atoms with Gasteiger partial charge in [0.2, 0.25) is 5.91 Å². The Kier molecular flexibility index (Phi) is 7.97. The average Bonchev–Trinajstić information content (AvgIpc) is 3.09. The van der Waals surface area contributed by atoms with Crippen molar-refractivity contribution in [2.75, 3.05) is 25.1 Å². The zero-order chi connectivity index (χ0) is 24.9. The summed E-state index contributed by atoms with van der Waals surface area (Å²) >= 11 is 2.96. The molecule has 180 valence electrons. The predicted molar refractivity (Wildman–Crippen MR) is 147 cm³/mol. The fourth-order valence-electron chi connectivity index (χ4n) is 3.67. The van der Waals surface area contributed by atoms with Crippen LogP contribution in [0, 0.1) is 3.57 Å². The van der Waals surface area contributed by atoms with Crippen molar-refractivity contribution in [2.24, 2.45) is 0 Å². The number of carbonyl (C=O) groups excluding carboxylic acids is 3. The molecule has 7 nitrogen and oxygen atoms in total. The van der Waals surface area contributed by atoms with Gasteiger partial charge in [-0.2, -0.15) is 0 Å². The van der Waals surface area contributed by atoms with E-state index in [2.05, 4.69) is 27.9 Å². The van der Waals surface area contributed by atoms with Gasteiger partial charge < -0.3 is 14.8 Å². The molecule has 1 saturated heterocycles. The first kappa shape index (κ1) is 25.1. The summed E-state index contributed by atoms with van der Waals surface area (Å²) < 4.78 is 12.2. The lowest BCUT2D eigenvalue weighted by Crippen LogP contribution is -2.36. The molecule has 0 bridgehead atoms. The number of imide groups is 1. The van der Waals surface area contributed by atoms with Crippen LogP contribution < -0.4 is 14.8 Å². The first-order valence-corrected chi connectivity index (χ1v) is 12.9. The first-order chi connectivity index (χ1) is 16.9. The second-order valence-corrected chi connectivity index (χ2v) is 9.69. The van der Waals surface area contributed by atoms with Crippen LogP contribution in [-0.4, -0.2) is 41.7 Å². The highest BCUT2D eigenvalue weighted by atomic mass is 127. The zero-order valence-corrected chi connectivity index (χ0v) is 22.1. The lowest BCUT2D eigenvalue weighted by Gasteiger charge is -2.14. The number of nitrogens with one attached hydrogen (secondary N) is 1. The molecule has 1 N–H and O–H groups in total. The van der Waals surface area contributed by atoms with Crippen molar-refractivity contribution in [3.05, 3.63) is 68.6 Å². The second-order valence-electron chi connectivity index (χ2n) is 7.54. The molecule has 0 radical (unpaired) electrons. The first-order valence-electron chi connectivity index (χ1n) is 11.0. The number of benzene rings is 3. The van der Waals surface area contributed by atoms with Crippen molar-refractivity contribution < 1.29 is 23.9 Å². The molecule has 1 fully saturated rings. The van der Waals surface area contributed by atoms with Gasteiger partial charge in [0.15, 0.2) is 11.5 Å². The molecule has 0 saturated carbocycles. The summed E-state index contributed by atoms with van der Waals surface area (Å²) in [5.74, 6) is 0.264. The van der Waals surface area contributed by atoms with Crippen LogP contribution in [0.25, 0.3) is 16.8 Å². The van der Waals surface area contributed by atoms with Gasteiger partial charge in [0.25, 0.3) is 11.1 Å². The van der Waals surface area contributed by atoms with Crippen molar-refractivity contribution in [2.45, 2.75) is 13.8 Å². The maximum Gasteiger partial charge on any atom is 0.294 e. The number of halogens is 1. The monoisotopic (exact) mass is 602 g/mol. The van der Waals surface area contributed by atoms with Gasteiger partial charge in [0, 0.05) is 11.1 Å². The SMILES string of the molecule is CCOc1cc(/C=C2/SC(=O)N(CC(=O)Nc3cccc4ccccc34)C2=O)cc(I)c1OCC. The van der Waals surface area contributed by atoms with E-state index < -0.39 is 17.1 Å². The molecule has 0 atom stereocenters. The van der Waals surface area contributed by atoms with E-state index in [1.165, 1.54) is 0 Å². The minimum Gasteiger partial charge on any atom is -0.490 e. The van der Waals surface area contributed by atoms with Crippen molar-refractivity contribution >= 4 is 73.9 Å². The smallest absolute Gasteiger partial charge is 0.294 e. The molecular formula is C26H23IN2O5S. The highest BCUT2D eigenvalue weighted by Gasteiger charge is 2.36. The topological polar surface area (TPSA) is 84.9 Å². The quantitative estimate of drug-likeness (QED) is 0.255. The average molecular weight is 602 g/mol. The van der Waals surface area contributed by atoms with Crippen LogP contribution in [0.15, 0.2) is 59.5 Å². The highest BCUT2D eigenvalue weighted by Crippen LogP contribution is 2.37. The van der Waals surface area contributed by atoms with Gasteiger partial charge in [0.05, 0.1) is 21.7 Å². The number of thioether (sulfide) groups is 1. The van der Waals surface area contributed by atoms with Crippen LogP contribution in [-0.2, 0) is 9.59 Å². The van der Waals surface area contributed by atoms with E-state index in [0.717, 1.165) is 31.0 Å². The third kappa shape index (κ3) is 5.62. The fourth-order valence-corrected chi connectivity index (χ4v) is 5.29. The molecule has 3 aromatic rings. The zero-order valence-electron chi connectivity index (χ0n) is 19.2. The van der Waals surface area contributed by atoms with Crippen molar-refractivity contribution in [1.82, 2.24) is 4.90 Å². The summed E-state index contributed by atoms with van der Waals surface area (Å²) in [6, 6.07) is 16.9. The molecular weight excluding hydrogens is 579 g/mol. The molecule has 1 heterocycles. The summed E-state index contributed by atoms with van der Waals surface area (Å²) in [7, 11) is 0. The summed E-state index contributed by atoms with van der Waals surface area (Å²) in [4.78, 5) is 39.4. The van der Waals surface area contributed by atoms with Gasteiger partial charge in [-0.25, -0.2) is 0 Å². The van der Waals surface area contributed by atoms with Crippen LogP contribution in [0.3, 0.4) is 0 Å². The Morgan fingerprint density at radius 1 is 1.06 bits per heavy atom. The number of hydrogen-bond acceptors (Lipinski definition) is 6. The Hall–Kier alpha value is -3.05. The number of anilines is 1. The number of amides is 3. The number of nitrogens with zero attached hydrogens (tertiary/aromatic N) is 1. The molecule has 3 aromatic carbocycles. The number of hydrogen-bond donors (Lipinski definition) is 1. The molecule has 35 heavy (non-hydrogen) atoms. The van der Waals surface area contributed by atoms with E-state index in [1.807, 2.05) is 56.3 Å². The summed E-state index contributed by atoms with van der Waals surface area (Å²) in [5, 5.41) is 4.20. The van der Waals surface area contributed by atoms with Gasteiger partial charge >= 0.3 is 0 Å². The number of ether oxygens (including phenoxy) is 2. The van der Waals surface area contributed by atoms with Gasteiger partial charge in [-0.1, -0.05) is 36.4 Å². The molecule has 0 aromatic heterocycles. The van der Waals surface area contributed by atoms with Crippen LogP contribution >= 0.6 is 34.4 Å². The van der Waals surface area contributed by atoms with Crippen LogP contribution in [0.5, 0.6) is 11.5 Å². The van der Waals surface area contributed by atoms with Crippen molar-refractivity contribution in [3.63, 3.8) is 0 Å². The molecule has 1 aliphatic rings. The Bertz CT molecular complexity index is 1340. The van der Waals surface area contributed by atoms with E-state index >= 15 is 0 Å². The number of carbonyl (C=O) groups is 3. The Balaban J connectivity index is 1.51. The molecule has 0 aliphatic carbocycles. The Morgan fingerprint density at radius 3 is 2.57 bits per heavy atom. The fraction of sp³-hybridized carbons (Fsp3) is 0.192. The molecule has 0 spiro atoms. The summed E-state index contributed by atoms with van der Waals surface area (Å²) in [6.07, 6.45) is 1.63. The largest absolute Gasteiger partial charge is 0.490 e. The maximum absolute atomic E-state index is 13.0. The summed E-state index contributed by atoms with van der Waals surface area (Å²) in [6.45, 7) is 4.36. The normalized spacial score (nSPS) is 14.6. The highest BCUT2D eigenvalue weighted by molar-refractivity contribution is 14.1. The third-order valence-corrected chi connectivity index (χ3v) is 6.87. The minimum atomic E-state index is -0.505. The molecule has 9 heteroatoms. The van der Waals surface area contributed by atoms with Crippen LogP contribution in [0.4, 0.5) is 10.5 Å². The number of rotatable bonds is 8. The number of fused-ring (bicyclic) bond motifs is 1. The second kappa shape index (κ2) is 11.1. The Morgan fingerprint density at radius 2 is 1.80 bits per heavy atom. The van der Waals surface area contributed by atoms with Crippen LogP contribution in [0.1, 0.15) is 19.4 Å². The van der Waals surface area contributed by atoms with E-state index in [1.54, 1.807) is 18.2 Å². The maximum atomic E-state index is 13.0. The van der Waals surface area contributed by atoms with Crippen molar-refractivity contribution in [1.29, 1.82) is 0 Å². The lowest BCUT2D eigenvalue weighted by molar-refractivity contribution is -0.127. The van der Waals surface area contributed by atoms with E-state index in [-0.39, 0.29) is 11.4 Å². The van der Waals surface area contributed by atoms with E-state index in [9.17, 15) is 14.4 Å². The van der Waals surface area contributed by atoms with Gasteiger partial charge in [0.1, 0.15) is 6.54 Å². The van der Waals surface area contributed by atoms with Gasteiger partial charge in [-0.3, -0.25) is 19.3 Å². The van der Waals surface area contributed by atoms with E-state index in [4.69, 9.17) is 9.47 Å².